The number of hydrogen-bond acceptors (Lipinski definition) is 5. The highest BCUT2D eigenvalue weighted by Gasteiger charge is 2.04. The van der Waals surface area contributed by atoms with Gasteiger partial charge in [0.05, 0.1) is 12.2 Å². The summed E-state index contributed by atoms with van der Waals surface area (Å²) in [5.74, 6) is 1.98. The van der Waals surface area contributed by atoms with Gasteiger partial charge in [0, 0.05) is 27.1 Å². The minimum Gasteiger partial charge on any atom is -0.446 e. The van der Waals surface area contributed by atoms with Crippen LogP contribution in [0.4, 0.5) is 0 Å². The highest BCUT2D eigenvalue weighted by molar-refractivity contribution is 5.80. The monoisotopic (exact) mass is 250 g/mol. The molecule has 0 aromatic carbocycles. The minimum absolute atomic E-state index is 0.466. The van der Waals surface area contributed by atoms with Crippen molar-refractivity contribution in [3.05, 3.63) is 17.3 Å². The molecule has 0 aliphatic heterocycles. The quantitative estimate of drug-likeness (QED) is 0.224. The Bertz CT molecular complexity index is 445. The van der Waals surface area contributed by atoms with Crippen LogP contribution in [0.2, 0.25) is 0 Å². The second-order valence-electron chi connectivity index (χ2n) is 3.63. The number of rotatable bonds is 5. The second kappa shape index (κ2) is 7.29. The molecule has 1 heterocycles. The van der Waals surface area contributed by atoms with Gasteiger partial charge in [-0.1, -0.05) is 0 Å². The molecule has 0 saturated carbocycles. The molecule has 0 atom stereocenters. The summed E-state index contributed by atoms with van der Waals surface area (Å²) in [6.07, 6.45) is 1.81. The number of nitriles is 1. The van der Waals surface area contributed by atoms with E-state index in [9.17, 15) is 0 Å². The first-order valence-corrected chi connectivity index (χ1v) is 5.68. The molecule has 0 unspecified atom stereocenters. The molecule has 18 heavy (non-hydrogen) atoms. The lowest BCUT2D eigenvalue weighted by atomic mass is 10.3. The van der Waals surface area contributed by atoms with Crippen LogP contribution in [0.1, 0.15) is 17.3 Å². The predicted molar refractivity (Wildman–Crippen MR) is 67.8 cm³/mol. The Hall–Kier alpha value is -2.07. The zero-order valence-corrected chi connectivity index (χ0v) is 10.9. The van der Waals surface area contributed by atoms with Crippen LogP contribution in [0.5, 0.6) is 0 Å². The van der Waals surface area contributed by atoms with Gasteiger partial charge in [-0.3, -0.25) is 10.3 Å². The minimum atomic E-state index is 0.466. The first kappa shape index (κ1) is 14.0. The lowest BCUT2D eigenvalue weighted by Gasteiger charge is -2.03. The van der Waals surface area contributed by atoms with Crippen LogP contribution in [0.25, 0.3) is 0 Å². The standard InChI is InChI=1S/C11H18N6O/c1-8-10(17-9(2)18-8)6-14-4-5-15-11(13-3)16-7-12/h14H,4-6H2,1-3H3,(H2,13,15,16). The second-order valence-corrected chi connectivity index (χ2v) is 3.63. The van der Waals surface area contributed by atoms with Gasteiger partial charge in [-0.2, -0.15) is 5.26 Å². The Morgan fingerprint density at radius 1 is 1.50 bits per heavy atom. The Labute approximate surface area is 106 Å². The van der Waals surface area contributed by atoms with Crippen molar-refractivity contribution in [2.45, 2.75) is 20.4 Å². The fraction of sp³-hybridized carbons (Fsp3) is 0.545. The average molecular weight is 250 g/mol. The molecule has 0 amide bonds. The van der Waals surface area contributed by atoms with E-state index < -0.39 is 0 Å². The molecule has 98 valence electrons. The fourth-order valence-corrected chi connectivity index (χ4v) is 1.42. The zero-order valence-electron chi connectivity index (χ0n) is 10.9. The van der Waals surface area contributed by atoms with Crippen LogP contribution in [0, 0.1) is 25.3 Å². The van der Waals surface area contributed by atoms with Crippen LogP contribution in [0.3, 0.4) is 0 Å². The van der Waals surface area contributed by atoms with Gasteiger partial charge in [-0.15, -0.1) is 0 Å². The smallest absolute Gasteiger partial charge is 0.204 e. The van der Waals surface area contributed by atoms with E-state index in [1.807, 2.05) is 20.0 Å². The van der Waals surface area contributed by atoms with E-state index in [-0.39, 0.29) is 0 Å². The lowest BCUT2D eigenvalue weighted by molar-refractivity contribution is 0.491. The molecule has 0 aliphatic carbocycles. The summed E-state index contributed by atoms with van der Waals surface area (Å²) in [4.78, 5) is 8.41. The summed E-state index contributed by atoms with van der Waals surface area (Å²) in [6.45, 7) is 5.64. The van der Waals surface area contributed by atoms with E-state index in [0.29, 0.717) is 31.5 Å². The van der Waals surface area contributed by atoms with Gasteiger partial charge in [0.1, 0.15) is 5.76 Å². The highest BCUT2D eigenvalue weighted by atomic mass is 16.4. The summed E-state index contributed by atoms with van der Waals surface area (Å²) in [6, 6.07) is 0. The third-order valence-electron chi connectivity index (χ3n) is 2.26. The maximum absolute atomic E-state index is 8.44. The van der Waals surface area contributed by atoms with Crippen LogP contribution in [-0.2, 0) is 6.54 Å². The van der Waals surface area contributed by atoms with Crippen LogP contribution >= 0.6 is 0 Å². The number of nitrogens with one attached hydrogen (secondary N) is 3. The summed E-state index contributed by atoms with van der Waals surface area (Å²) >= 11 is 0. The fourth-order valence-electron chi connectivity index (χ4n) is 1.42. The Kier molecular flexibility index (Phi) is 5.67. The largest absolute Gasteiger partial charge is 0.446 e. The molecular formula is C11H18N6O. The molecule has 0 aliphatic rings. The predicted octanol–water partition coefficient (Wildman–Crippen LogP) is 0.0271. The summed E-state index contributed by atoms with van der Waals surface area (Å²) in [7, 11) is 1.71. The molecule has 7 heteroatoms. The molecule has 1 aromatic heterocycles. The maximum Gasteiger partial charge on any atom is 0.204 e. The molecular weight excluding hydrogens is 232 g/mol. The van der Waals surface area contributed by atoms with Crippen molar-refractivity contribution < 1.29 is 4.42 Å². The molecule has 0 saturated heterocycles. The van der Waals surface area contributed by atoms with Crippen LogP contribution in [-0.4, -0.2) is 31.1 Å². The Morgan fingerprint density at radius 2 is 2.28 bits per heavy atom. The van der Waals surface area contributed by atoms with Gasteiger partial charge in [-0.25, -0.2) is 4.98 Å². The van der Waals surface area contributed by atoms with E-state index in [1.165, 1.54) is 0 Å². The Morgan fingerprint density at radius 3 is 2.83 bits per heavy atom. The molecule has 0 spiro atoms. The van der Waals surface area contributed by atoms with Gasteiger partial charge < -0.3 is 15.1 Å². The molecule has 1 aromatic rings. The number of hydrogen-bond donors (Lipinski definition) is 3. The first-order chi connectivity index (χ1) is 8.67. The number of oxazole rings is 1. The highest BCUT2D eigenvalue weighted by Crippen LogP contribution is 2.07. The van der Waals surface area contributed by atoms with Crippen molar-refractivity contribution in [3.63, 3.8) is 0 Å². The van der Waals surface area contributed by atoms with Gasteiger partial charge in [0.2, 0.25) is 5.96 Å². The normalized spacial score (nSPS) is 11.1. The zero-order chi connectivity index (χ0) is 13.4. The topological polar surface area (TPSA) is 98.3 Å². The molecule has 1 rings (SSSR count). The van der Waals surface area contributed by atoms with Crippen LogP contribution in [0.15, 0.2) is 9.41 Å². The number of guanidine groups is 1. The number of aliphatic imine (C=N–C) groups is 1. The van der Waals surface area contributed by atoms with E-state index in [4.69, 9.17) is 9.68 Å². The summed E-state index contributed by atoms with van der Waals surface area (Å²) in [5, 5.41) is 16.9. The molecule has 0 radical (unpaired) electrons. The third kappa shape index (κ3) is 4.43. The molecule has 3 N–H and O–H groups in total. The summed E-state index contributed by atoms with van der Waals surface area (Å²) < 4.78 is 5.32. The molecule has 7 nitrogen and oxygen atoms in total. The third-order valence-corrected chi connectivity index (χ3v) is 2.26. The Balaban J connectivity index is 2.27. The van der Waals surface area contributed by atoms with Crippen molar-refractivity contribution in [1.82, 2.24) is 20.9 Å². The number of aromatic nitrogens is 1. The van der Waals surface area contributed by atoms with E-state index in [2.05, 4.69) is 25.9 Å². The van der Waals surface area contributed by atoms with Crippen molar-refractivity contribution in [3.8, 4) is 6.19 Å². The lowest BCUT2D eigenvalue weighted by Crippen LogP contribution is -2.32. The SMILES string of the molecule is CNC(=NCCNCc1nc(C)oc1C)NC#N. The van der Waals surface area contributed by atoms with E-state index in [1.54, 1.807) is 7.05 Å². The summed E-state index contributed by atoms with van der Waals surface area (Å²) in [5.41, 5.74) is 0.917. The van der Waals surface area contributed by atoms with Gasteiger partial charge in [-0.05, 0) is 6.92 Å². The average Bonchev–Trinajstić information content (AvgIpc) is 2.66. The van der Waals surface area contributed by atoms with Crippen molar-refractivity contribution in [2.75, 3.05) is 20.1 Å². The van der Waals surface area contributed by atoms with Gasteiger partial charge in [0.15, 0.2) is 12.1 Å². The van der Waals surface area contributed by atoms with Crippen molar-refractivity contribution in [2.24, 2.45) is 4.99 Å². The molecule has 0 fully saturated rings. The van der Waals surface area contributed by atoms with Crippen molar-refractivity contribution >= 4 is 5.96 Å². The number of aryl methyl sites for hydroxylation is 2. The van der Waals surface area contributed by atoms with Crippen LogP contribution < -0.4 is 16.0 Å². The van der Waals surface area contributed by atoms with Gasteiger partial charge >= 0.3 is 0 Å². The number of nitrogens with zero attached hydrogens (tertiary/aromatic N) is 3. The van der Waals surface area contributed by atoms with E-state index in [0.717, 1.165) is 11.5 Å². The van der Waals surface area contributed by atoms with E-state index >= 15 is 0 Å². The maximum atomic E-state index is 8.44. The van der Waals surface area contributed by atoms with Gasteiger partial charge in [0.25, 0.3) is 0 Å². The molecule has 0 bridgehead atoms. The first-order valence-electron chi connectivity index (χ1n) is 5.68. The van der Waals surface area contributed by atoms with Crippen molar-refractivity contribution in [1.29, 1.82) is 5.26 Å².